The number of hydrogen-bond donors (Lipinski definition) is 1. The van der Waals surface area contributed by atoms with E-state index in [1.165, 1.54) is 0 Å². The van der Waals surface area contributed by atoms with E-state index in [4.69, 9.17) is 11.6 Å². The molecule has 2 aromatic heterocycles. The first-order valence-corrected chi connectivity index (χ1v) is 6.93. The number of halogens is 2. The molecule has 0 aliphatic heterocycles. The number of nitrogens with one attached hydrogen (secondary N) is 1. The van der Waals surface area contributed by atoms with Gasteiger partial charge in [0, 0.05) is 17.2 Å². The molecule has 0 fully saturated rings. The monoisotopic (exact) mass is 342 g/mol. The summed E-state index contributed by atoms with van der Waals surface area (Å²) in [6.07, 6.45) is 2.83. The molecule has 2 rings (SSSR count). The van der Waals surface area contributed by atoms with Crippen molar-refractivity contribution < 1.29 is 4.79 Å². The zero-order valence-corrected chi connectivity index (χ0v) is 12.6. The summed E-state index contributed by atoms with van der Waals surface area (Å²) in [4.78, 5) is 12.2. The lowest BCUT2D eigenvalue weighted by atomic mass is 10.3. The van der Waals surface area contributed by atoms with E-state index in [0.717, 1.165) is 17.4 Å². The van der Waals surface area contributed by atoms with Crippen LogP contribution in [0.3, 0.4) is 0 Å². The number of hydrogen-bond acceptors (Lipinski definition) is 3. The molecule has 0 bridgehead atoms. The van der Waals surface area contributed by atoms with E-state index in [2.05, 4.69) is 38.4 Å². The Morgan fingerprint density at radius 3 is 2.89 bits per heavy atom. The van der Waals surface area contributed by atoms with E-state index >= 15 is 0 Å². The fraction of sp³-hybridized carbons (Fsp3) is 0.250. The van der Waals surface area contributed by atoms with Gasteiger partial charge in [-0.05, 0) is 40.5 Å². The summed E-state index contributed by atoms with van der Waals surface area (Å²) >= 11 is 9.01. The lowest BCUT2D eigenvalue weighted by molar-refractivity contribution is 0.101. The van der Waals surface area contributed by atoms with Crippen molar-refractivity contribution in [2.45, 2.75) is 19.9 Å². The summed E-state index contributed by atoms with van der Waals surface area (Å²) in [5.74, 6) is 0.144. The number of aromatic nitrogens is 3. The van der Waals surface area contributed by atoms with Gasteiger partial charge in [0.2, 0.25) is 0 Å². The number of nitrogens with zero attached hydrogens (tertiary/aromatic N) is 3. The topological polar surface area (TPSA) is 59.8 Å². The maximum absolute atomic E-state index is 12.2. The number of aryl methyl sites for hydroxylation is 1. The van der Waals surface area contributed by atoms with Gasteiger partial charge in [0.05, 0.1) is 0 Å². The van der Waals surface area contributed by atoms with Crippen molar-refractivity contribution in [3.05, 3.63) is 39.7 Å². The van der Waals surface area contributed by atoms with Crippen LogP contribution in [-0.4, -0.2) is 20.7 Å². The third kappa shape index (κ3) is 3.54. The average Bonchev–Trinajstić information content (AvgIpc) is 2.74. The Morgan fingerprint density at radius 1 is 1.47 bits per heavy atom. The lowest BCUT2D eigenvalue weighted by Crippen LogP contribution is -2.17. The van der Waals surface area contributed by atoms with Crippen LogP contribution in [0.25, 0.3) is 0 Å². The Bertz CT molecular complexity index is 582. The number of anilines is 1. The van der Waals surface area contributed by atoms with Gasteiger partial charge in [-0.3, -0.25) is 4.79 Å². The van der Waals surface area contributed by atoms with Crippen molar-refractivity contribution in [3.63, 3.8) is 0 Å². The van der Waals surface area contributed by atoms with Crippen molar-refractivity contribution in [3.8, 4) is 0 Å². The van der Waals surface area contributed by atoms with Gasteiger partial charge in [0.1, 0.15) is 5.69 Å². The second-order valence-electron chi connectivity index (χ2n) is 3.93. The molecule has 0 atom stereocenters. The maximum Gasteiger partial charge on any atom is 0.273 e. The predicted molar refractivity (Wildman–Crippen MR) is 77.4 cm³/mol. The van der Waals surface area contributed by atoms with Crippen molar-refractivity contribution >= 4 is 39.3 Å². The minimum absolute atomic E-state index is 0.226. The summed E-state index contributed by atoms with van der Waals surface area (Å²) < 4.78 is 2.76. The molecule has 0 saturated carbocycles. The zero-order chi connectivity index (χ0) is 13.8. The minimum Gasteiger partial charge on any atom is -0.342 e. The Labute approximate surface area is 124 Å². The Balaban J connectivity index is 2.17. The Kier molecular flexibility index (Phi) is 4.55. The molecule has 7 heteroatoms. The molecule has 100 valence electrons. The van der Waals surface area contributed by atoms with Crippen LogP contribution in [0.4, 0.5) is 5.82 Å². The van der Waals surface area contributed by atoms with Gasteiger partial charge in [-0.25, -0.2) is 0 Å². The largest absolute Gasteiger partial charge is 0.342 e. The first-order valence-electron chi connectivity index (χ1n) is 5.76. The molecular formula is C12H12BrClN4O. The van der Waals surface area contributed by atoms with Gasteiger partial charge in [-0.1, -0.05) is 18.5 Å². The van der Waals surface area contributed by atoms with Crippen molar-refractivity contribution in [1.29, 1.82) is 0 Å². The molecule has 2 aromatic rings. The molecule has 0 aliphatic carbocycles. The molecule has 1 amide bonds. The van der Waals surface area contributed by atoms with Crippen LogP contribution in [0, 0.1) is 0 Å². The second-order valence-corrected chi connectivity index (χ2v) is 5.24. The molecule has 0 unspecified atom stereocenters. The molecule has 19 heavy (non-hydrogen) atoms. The molecule has 0 aromatic carbocycles. The van der Waals surface area contributed by atoms with E-state index < -0.39 is 0 Å². The van der Waals surface area contributed by atoms with Crippen LogP contribution in [0.15, 0.2) is 28.9 Å². The smallest absolute Gasteiger partial charge is 0.273 e. The van der Waals surface area contributed by atoms with Crippen molar-refractivity contribution in [2.75, 3.05) is 5.32 Å². The maximum atomic E-state index is 12.2. The second kappa shape index (κ2) is 6.16. The summed E-state index contributed by atoms with van der Waals surface area (Å²) in [5.41, 5.74) is 0.575. The van der Waals surface area contributed by atoms with Gasteiger partial charge in [-0.2, -0.15) is 0 Å². The number of carbonyl (C=O) groups is 1. The minimum atomic E-state index is -0.226. The van der Waals surface area contributed by atoms with E-state index in [1.807, 2.05) is 10.8 Å². The van der Waals surface area contributed by atoms with Crippen LogP contribution < -0.4 is 5.32 Å². The van der Waals surface area contributed by atoms with E-state index in [9.17, 15) is 4.79 Å². The average molecular weight is 344 g/mol. The first-order chi connectivity index (χ1) is 9.10. The van der Waals surface area contributed by atoms with Crippen molar-refractivity contribution in [2.24, 2.45) is 0 Å². The van der Waals surface area contributed by atoms with Crippen LogP contribution in [0.2, 0.25) is 5.15 Å². The van der Waals surface area contributed by atoms with Crippen LogP contribution in [-0.2, 0) is 6.54 Å². The van der Waals surface area contributed by atoms with Gasteiger partial charge < -0.3 is 9.88 Å². The van der Waals surface area contributed by atoms with Crippen molar-refractivity contribution in [1.82, 2.24) is 14.8 Å². The highest BCUT2D eigenvalue weighted by molar-refractivity contribution is 9.10. The molecule has 0 aliphatic rings. The van der Waals surface area contributed by atoms with Crippen LogP contribution in [0.1, 0.15) is 23.8 Å². The van der Waals surface area contributed by atoms with E-state index in [1.54, 1.807) is 18.2 Å². The molecule has 0 saturated heterocycles. The number of amides is 1. The van der Waals surface area contributed by atoms with Gasteiger partial charge in [0.15, 0.2) is 11.0 Å². The normalized spacial score (nSPS) is 10.5. The Hall–Kier alpha value is -1.40. The van der Waals surface area contributed by atoms with Gasteiger partial charge in [0.25, 0.3) is 5.91 Å². The standard InChI is InChI=1S/C12H12BrClN4O/c1-2-5-18-7-8(13)6-9(18)12(19)15-11-4-3-10(14)16-17-11/h3-4,6-7H,2,5H2,1H3,(H,15,17,19). The van der Waals surface area contributed by atoms with E-state index in [-0.39, 0.29) is 11.1 Å². The molecule has 0 radical (unpaired) electrons. The summed E-state index contributed by atoms with van der Waals surface area (Å²) in [5, 5.41) is 10.4. The first kappa shape index (κ1) is 14.0. The zero-order valence-electron chi connectivity index (χ0n) is 10.2. The summed E-state index contributed by atoms with van der Waals surface area (Å²) in [6.45, 7) is 2.83. The fourth-order valence-electron chi connectivity index (χ4n) is 1.65. The third-order valence-electron chi connectivity index (χ3n) is 2.43. The third-order valence-corrected chi connectivity index (χ3v) is 3.07. The highest BCUT2D eigenvalue weighted by Gasteiger charge is 2.13. The van der Waals surface area contributed by atoms with Gasteiger partial charge in [-0.15, -0.1) is 10.2 Å². The van der Waals surface area contributed by atoms with E-state index in [0.29, 0.717) is 11.5 Å². The molecule has 5 nitrogen and oxygen atoms in total. The van der Waals surface area contributed by atoms with Crippen LogP contribution >= 0.6 is 27.5 Å². The molecule has 2 heterocycles. The fourth-order valence-corrected chi connectivity index (χ4v) is 2.22. The molecular weight excluding hydrogens is 332 g/mol. The molecule has 1 N–H and O–H groups in total. The predicted octanol–water partition coefficient (Wildman–Crippen LogP) is 3.36. The number of rotatable bonds is 4. The highest BCUT2D eigenvalue weighted by Crippen LogP contribution is 2.17. The van der Waals surface area contributed by atoms with Gasteiger partial charge >= 0.3 is 0 Å². The summed E-state index contributed by atoms with van der Waals surface area (Å²) in [6, 6.07) is 4.95. The SMILES string of the molecule is CCCn1cc(Br)cc1C(=O)Nc1ccc(Cl)nn1. The van der Waals surface area contributed by atoms with Crippen LogP contribution in [0.5, 0.6) is 0 Å². The Morgan fingerprint density at radius 2 is 2.26 bits per heavy atom. The lowest BCUT2D eigenvalue weighted by Gasteiger charge is -2.07. The molecule has 0 spiro atoms. The highest BCUT2D eigenvalue weighted by atomic mass is 79.9. The number of carbonyl (C=O) groups excluding carboxylic acids is 1. The summed E-state index contributed by atoms with van der Waals surface area (Å²) in [7, 11) is 0. The quantitative estimate of drug-likeness (QED) is 0.926.